The Hall–Kier alpha value is -2.08. The van der Waals surface area contributed by atoms with E-state index in [-0.39, 0.29) is 17.8 Å². The normalized spacial score (nSPS) is 18.9. The Morgan fingerprint density at radius 3 is 2.33 bits per heavy atom. The van der Waals surface area contributed by atoms with Crippen LogP contribution in [-0.4, -0.2) is 26.7 Å². The average Bonchev–Trinajstić information content (AvgIpc) is 3.15. The molecule has 0 unspecified atom stereocenters. The summed E-state index contributed by atoms with van der Waals surface area (Å²) in [6.07, 6.45) is 4.17. The topological polar surface area (TPSA) is 59.8 Å². The Kier molecular flexibility index (Phi) is 6.32. The summed E-state index contributed by atoms with van der Waals surface area (Å²) in [5.41, 5.74) is 1.35. The molecule has 1 aliphatic carbocycles. The van der Waals surface area contributed by atoms with Crippen molar-refractivity contribution in [1.82, 2.24) is 20.1 Å². The number of aromatic nitrogens is 3. The van der Waals surface area contributed by atoms with Crippen LogP contribution >= 0.6 is 34.8 Å². The van der Waals surface area contributed by atoms with Crippen molar-refractivity contribution in [3.05, 3.63) is 63.4 Å². The predicted octanol–water partition coefficient (Wildman–Crippen LogP) is 6.20. The van der Waals surface area contributed by atoms with Crippen LogP contribution in [0, 0.1) is 5.92 Å². The molecule has 2 aromatic carbocycles. The molecule has 1 heterocycles. The quantitative estimate of drug-likeness (QED) is 0.501. The van der Waals surface area contributed by atoms with E-state index in [1.807, 2.05) is 12.1 Å². The molecule has 1 amide bonds. The van der Waals surface area contributed by atoms with Gasteiger partial charge in [-0.1, -0.05) is 41.7 Å². The van der Waals surface area contributed by atoms with Gasteiger partial charge in [-0.05, 0) is 74.1 Å². The SMILES string of the molecule is CC1CCC(NC(=O)c2nc(-c3ccc(Cl)cc3Cl)n(-c3ccc(Cl)cc3)n2)CC1. The van der Waals surface area contributed by atoms with E-state index in [4.69, 9.17) is 34.8 Å². The number of halogens is 3. The number of benzene rings is 2. The summed E-state index contributed by atoms with van der Waals surface area (Å²) in [4.78, 5) is 17.4. The number of nitrogens with zero attached hydrogens (tertiary/aromatic N) is 3. The molecule has 1 aromatic heterocycles. The molecule has 0 aliphatic heterocycles. The first-order valence-electron chi connectivity index (χ1n) is 9.90. The summed E-state index contributed by atoms with van der Waals surface area (Å²) in [5.74, 6) is 0.985. The fraction of sp³-hybridized carbons (Fsp3) is 0.318. The first kappa shape index (κ1) is 21.2. The Morgan fingerprint density at radius 2 is 1.67 bits per heavy atom. The number of amides is 1. The number of nitrogens with one attached hydrogen (secondary N) is 1. The molecule has 3 aromatic rings. The van der Waals surface area contributed by atoms with Crippen LogP contribution in [0.1, 0.15) is 43.2 Å². The summed E-state index contributed by atoms with van der Waals surface area (Å²) in [6, 6.07) is 12.4. The molecule has 0 atom stereocenters. The number of carbonyl (C=O) groups excluding carboxylic acids is 1. The van der Waals surface area contributed by atoms with Crippen molar-refractivity contribution in [2.45, 2.75) is 38.6 Å². The maximum absolute atomic E-state index is 12.9. The Labute approximate surface area is 190 Å². The predicted molar refractivity (Wildman–Crippen MR) is 121 cm³/mol. The minimum atomic E-state index is -0.284. The highest BCUT2D eigenvalue weighted by Crippen LogP contribution is 2.31. The zero-order valence-electron chi connectivity index (χ0n) is 16.4. The van der Waals surface area contributed by atoms with Crippen molar-refractivity contribution in [3.8, 4) is 17.1 Å². The second kappa shape index (κ2) is 8.96. The first-order valence-corrected chi connectivity index (χ1v) is 11.0. The van der Waals surface area contributed by atoms with Gasteiger partial charge in [0.15, 0.2) is 5.82 Å². The first-order chi connectivity index (χ1) is 14.4. The van der Waals surface area contributed by atoms with E-state index in [0.29, 0.717) is 32.4 Å². The van der Waals surface area contributed by atoms with Gasteiger partial charge in [-0.3, -0.25) is 4.79 Å². The van der Waals surface area contributed by atoms with Crippen molar-refractivity contribution in [1.29, 1.82) is 0 Å². The molecular formula is C22H21Cl3N4O. The van der Waals surface area contributed by atoms with E-state index in [1.54, 1.807) is 35.0 Å². The summed E-state index contributed by atoms with van der Waals surface area (Å²) >= 11 is 18.5. The highest BCUT2D eigenvalue weighted by Gasteiger charge is 2.24. The summed E-state index contributed by atoms with van der Waals surface area (Å²) in [5, 5.41) is 9.12. The molecule has 1 saturated carbocycles. The highest BCUT2D eigenvalue weighted by molar-refractivity contribution is 6.36. The average molecular weight is 464 g/mol. The Bertz CT molecular complexity index is 1060. The van der Waals surface area contributed by atoms with Gasteiger partial charge in [0, 0.05) is 21.7 Å². The standard InChI is InChI=1S/C22H21Cl3N4O/c1-13-2-7-16(8-3-13)26-22(30)20-27-21(18-11-6-15(24)12-19(18)25)29(28-20)17-9-4-14(23)5-10-17/h4-6,9-13,16H,2-3,7-8H2,1H3,(H,26,30). The third kappa shape index (κ3) is 4.64. The summed E-state index contributed by atoms with van der Waals surface area (Å²) in [6.45, 7) is 2.25. The van der Waals surface area contributed by atoms with Crippen LogP contribution in [0.3, 0.4) is 0 Å². The van der Waals surface area contributed by atoms with E-state index in [2.05, 4.69) is 22.3 Å². The maximum atomic E-state index is 12.9. The van der Waals surface area contributed by atoms with E-state index in [9.17, 15) is 4.79 Å². The summed E-state index contributed by atoms with van der Waals surface area (Å²) in [7, 11) is 0. The lowest BCUT2D eigenvalue weighted by molar-refractivity contribution is 0.0912. The van der Waals surface area contributed by atoms with Gasteiger partial charge in [-0.25, -0.2) is 9.67 Å². The maximum Gasteiger partial charge on any atom is 0.291 e. The van der Waals surface area contributed by atoms with Gasteiger partial charge in [0.05, 0.1) is 10.7 Å². The molecule has 5 nitrogen and oxygen atoms in total. The van der Waals surface area contributed by atoms with Crippen LogP contribution in [0.2, 0.25) is 15.1 Å². The fourth-order valence-electron chi connectivity index (χ4n) is 3.67. The van der Waals surface area contributed by atoms with Crippen LogP contribution in [0.5, 0.6) is 0 Å². The Morgan fingerprint density at radius 1 is 1.00 bits per heavy atom. The third-order valence-corrected chi connectivity index (χ3v) is 6.20. The van der Waals surface area contributed by atoms with Gasteiger partial charge in [0.1, 0.15) is 0 Å². The van der Waals surface area contributed by atoms with Crippen molar-refractivity contribution in [2.24, 2.45) is 5.92 Å². The zero-order valence-corrected chi connectivity index (χ0v) is 18.7. The van der Waals surface area contributed by atoms with Crippen LogP contribution in [-0.2, 0) is 0 Å². The molecule has 0 radical (unpaired) electrons. The number of carbonyl (C=O) groups is 1. The minimum absolute atomic E-state index is 0.101. The molecule has 4 rings (SSSR count). The molecule has 8 heteroatoms. The Balaban J connectivity index is 1.70. The van der Waals surface area contributed by atoms with E-state index >= 15 is 0 Å². The van der Waals surface area contributed by atoms with Crippen LogP contribution < -0.4 is 5.32 Å². The van der Waals surface area contributed by atoms with Crippen LogP contribution in [0.15, 0.2) is 42.5 Å². The molecule has 1 fully saturated rings. The molecule has 0 bridgehead atoms. The van der Waals surface area contributed by atoms with E-state index in [1.165, 1.54) is 0 Å². The van der Waals surface area contributed by atoms with Crippen molar-refractivity contribution < 1.29 is 4.79 Å². The van der Waals surface area contributed by atoms with E-state index < -0.39 is 0 Å². The molecule has 1 N–H and O–H groups in total. The van der Waals surface area contributed by atoms with Crippen molar-refractivity contribution in [3.63, 3.8) is 0 Å². The third-order valence-electron chi connectivity index (χ3n) is 5.40. The molecule has 156 valence electrons. The second-order valence-corrected chi connectivity index (χ2v) is 8.98. The van der Waals surface area contributed by atoms with Crippen molar-refractivity contribution >= 4 is 40.7 Å². The van der Waals surface area contributed by atoms with Gasteiger partial charge in [-0.2, -0.15) is 0 Å². The molecule has 1 aliphatic rings. The van der Waals surface area contributed by atoms with Gasteiger partial charge in [0.2, 0.25) is 5.82 Å². The van der Waals surface area contributed by atoms with Gasteiger partial charge in [0.25, 0.3) is 5.91 Å². The minimum Gasteiger partial charge on any atom is -0.347 e. The number of hydrogen-bond donors (Lipinski definition) is 1. The van der Waals surface area contributed by atoms with E-state index in [0.717, 1.165) is 31.4 Å². The largest absolute Gasteiger partial charge is 0.347 e. The van der Waals surface area contributed by atoms with Gasteiger partial charge >= 0.3 is 0 Å². The number of hydrogen-bond acceptors (Lipinski definition) is 3. The van der Waals surface area contributed by atoms with Crippen molar-refractivity contribution in [2.75, 3.05) is 0 Å². The monoisotopic (exact) mass is 462 g/mol. The van der Waals surface area contributed by atoms with Gasteiger partial charge in [-0.15, -0.1) is 5.10 Å². The van der Waals surface area contributed by atoms with Crippen LogP contribution in [0.4, 0.5) is 0 Å². The molecule has 0 spiro atoms. The smallest absolute Gasteiger partial charge is 0.291 e. The fourth-order valence-corrected chi connectivity index (χ4v) is 4.29. The molecular weight excluding hydrogens is 443 g/mol. The van der Waals surface area contributed by atoms with Crippen LogP contribution in [0.25, 0.3) is 17.1 Å². The molecule has 30 heavy (non-hydrogen) atoms. The molecule has 0 saturated heterocycles. The second-order valence-electron chi connectivity index (χ2n) is 7.70. The van der Waals surface area contributed by atoms with Gasteiger partial charge < -0.3 is 5.32 Å². The highest BCUT2D eigenvalue weighted by atomic mass is 35.5. The zero-order chi connectivity index (χ0) is 21.3. The lowest BCUT2D eigenvalue weighted by atomic mass is 9.87. The summed E-state index contributed by atoms with van der Waals surface area (Å²) < 4.78 is 1.60. The lowest BCUT2D eigenvalue weighted by Crippen LogP contribution is -2.37. The number of rotatable bonds is 4. The lowest BCUT2D eigenvalue weighted by Gasteiger charge is -2.26.